The summed E-state index contributed by atoms with van der Waals surface area (Å²) in [6.07, 6.45) is 3.31. The Morgan fingerprint density at radius 1 is 1.00 bits per heavy atom. The standard InChI is InChI=1S/C15H15NS/c1-2-13-7-8-14(17-13)11-16-10-9-12-5-3-4-6-15(12)16/h3-10H,2,11H2,1H3. The molecule has 0 atom stereocenters. The molecule has 0 fully saturated rings. The van der Waals surface area contributed by atoms with Crippen molar-refractivity contribution in [2.24, 2.45) is 0 Å². The van der Waals surface area contributed by atoms with E-state index >= 15 is 0 Å². The maximum Gasteiger partial charge on any atom is 0.0569 e. The van der Waals surface area contributed by atoms with Crippen molar-refractivity contribution >= 4 is 22.2 Å². The third-order valence-electron chi connectivity index (χ3n) is 3.07. The van der Waals surface area contributed by atoms with E-state index in [2.05, 4.69) is 60.2 Å². The van der Waals surface area contributed by atoms with Gasteiger partial charge in [0.25, 0.3) is 0 Å². The highest BCUT2D eigenvalue weighted by atomic mass is 32.1. The topological polar surface area (TPSA) is 4.93 Å². The van der Waals surface area contributed by atoms with E-state index in [-0.39, 0.29) is 0 Å². The molecule has 0 aliphatic heterocycles. The molecule has 2 heterocycles. The molecule has 0 saturated carbocycles. The minimum absolute atomic E-state index is 0.984. The molecule has 0 aliphatic rings. The second kappa shape index (κ2) is 4.38. The molecule has 86 valence electrons. The summed E-state index contributed by atoms with van der Waals surface area (Å²) in [6, 6.07) is 15.2. The number of hydrogen-bond donors (Lipinski definition) is 0. The molecule has 2 heteroatoms. The molecule has 0 spiro atoms. The number of nitrogens with zero attached hydrogens (tertiary/aromatic N) is 1. The van der Waals surface area contributed by atoms with Gasteiger partial charge in [0.2, 0.25) is 0 Å². The lowest BCUT2D eigenvalue weighted by Crippen LogP contribution is -1.94. The Balaban J connectivity index is 1.94. The fourth-order valence-corrected chi connectivity index (χ4v) is 3.10. The van der Waals surface area contributed by atoms with Crippen molar-refractivity contribution in [1.82, 2.24) is 4.57 Å². The average molecular weight is 241 g/mol. The third-order valence-corrected chi connectivity index (χ3v) is 4.29. The van der Waals surface area contributed by atoms with Gasteiger partial charge in [-0.15, -0.1) is 11.3 Å². The molecule has 0 unspecified atom stereocenters. The van der Waals surface area contributed by atoms with Crippen LogP contribution in [-0.2, 0) is 13.0 Å². The number of hydrogen-bond acceptors (Lipinski definition) is 1. The molecular weight excluding hydrogens is 226 g/mol. The molecule has 0 N–H and O–H groups in total. The summed E-state index contributed by atoms with van der Waals surface area (Å²) in [7, 11) is 0. The van der Waals surface area contributed by atoms with Crippen LogP contribution < -0.4 is 0 Å². The first-order valence-electron chi connectivity index (χ1n) is 5.98. The minimum atomic E-state index is 0.984. The lowest BCUT2D eigenvalue weighted by Gasteiger charge is -2.02. The first-order chi connectivity index (χ1) is 8.36. The SMILES string of the molecule is CCc1ccc(Cn2ccc3ccccc32)s1. The zero-order chi connectivity index (χ0) is 11.7. The summed E-state index contributed by atoms with van der Waals surface area (Å²) >= 11 is 1.92. The number of para-hydroxylation sites is 1. The van der Waals surface area contributed by atoms with E-state index in [0.29, 0.717) is 0 Å². The van der Waals surface area contributed by atoms with Gasteiger partial charge in [-0.25, -0.2) is 0 Å². The van der Waals surface area contributed by atoms with Crippen LogP contribution in [0.3, 0.4) is 0 Å². The molecule has 1 nitrogen and oxygen atoms in total. The van der Waals surface area contributed by atoms with E-state index in [1.165, 1.54) is 20.7 Å². The molecule has 0 bridgehead atoms. The fourth-order valence-electron chi connectivity index (χ4n) is 2.14. The number of thiophene rings is 1. The molecule has 17 heavy (non-hydrogen) atoms. The van der Waals surface area contributed by atoms with Crippen LogP contribution in [-0.4, -0.2) is 4.57 Å². The van der Waals surface area contributed by atoms with Gasteiger partial charge in [-0.3, -0.25) is 0 Å². The van der Waals surface area contributed by atoms with Crippen molar-refractivity contribution in [1.29, 1.82) is 0 Å². The quantitative estimate of drug-likeness (QED) is 0.644. The van der Waals surface area contributed by atoms with E-state index in [1.807, 2.05) is 11.3 Å². The van der Waals surface area contributed by atoms with Crippen LogP contribution in [0.5, 0.6) is 0 Å². The van der Waals surface area contributed by atoms with Gasteiger partial charge in [0.05, 0.1) is 6.54 Å². The molecule has 3 aromatic rings. The van der Waals surface area contributed by atoms with Crippen LogP contribution in [0.2, 0.25) is 0 Å². The predicted molar refractivity (Wildman–Crippen MR) is 74.7 cm³/mol. The number of aryl methyl sites for hydroxylation is 1. The summed E-state index contributed by atoms with van der Waals surface area (Å²) in [6.45, 7) is 3.19. The summed E-state index contributed by atoms with van der Waals surface area (Å²) in [4.78, 5) is 2.90. The number of fused-ring (bicyclic) bond motifs is 1. The predicted octanol–water partition coefficient (Wildman–Crippen LogP) is 4.31. The highest BCUT2D eigenvalue weighted by Crippen LogP contribution is 2.21. The van der Waals surface area contributed by atoms with Crippen LogP contribution in [0.25, 0.3) is 10.9 Å². The second-order valence-electron chi connectivity index (χ2n) is 4.22. The normalized spacial score (nSPS) is 11.1. The largest absolute Gasteiger partial charge is 0.342 e. The molecular formula is C15H15NS. The first-order valence-corrected chi connectivity index (χ1v) is 6.80. The Bertz CT molecular complexity index is 633. The lowest BCUT2D eigenvalue weighted by atomic mass is 10.2. The van der Waals surface area contributed by atoms with Gasteiger partial charge in [0.15, 0.2) is 0 Å². The zero-order valence-electron chi connectivity index (χ0n) is 9.89. The molecule has 0 aliphatic carbocycles. The third kappa shape index (κ3) is 2.01. The van der Waals surface area contributed by atoms with Crippen LogP contribution in [0, 0.1) is 0 Å². The van der Waals surface area contributed by atoms with E-state index in [4.69, 9.17) is 0 Å². The number of rotatable bonds is 3. The van der Waals surface area contributed by atoms with Crippen LogP contribution in [0.1, 0.15) is 16.7 Å². The Morgan fingerprint density at radius 2 is 1.82 bits per heavy atom. The average Bonchev–Trinajstić information content (AvgIpc) is 2.97. The summed E-state index contributed by atoms with van der Waals surface area (Å²) in [5.74, 6) is 0. The lowest BCUT2D eigenvalue weighted by molar-refractivity contribution is 0.852. The zero-order valence-corrected chi connectivity index (χ0v) is 10.7. The highest BCUT2D eigenvalue weighted by Gasteiger charge is 2.03. The van der Waals surface area contributed by atoms with Crippen LogP contribution >= 0.6 is 11.3 Å². The van der Waals surface area contributed by atoms with Crippen LogP contribution in [0.15, 0.2) is 48.7 Å². The Kier molecular flexibility index (Phi) is 2.73. The molecule has 0 saturated heterocycles. The smallest absolute Gasteiger partial charge is 0.0569 e. The Hall–Kier alpha value is -1.54. The monoisotopic (exact) mass is 241 g/mol. The summed E-state index contributed by atoms with van der Waals surface area (Å²) in [5, 5.41) is 1.32. The van der Waals surface area contributed by atoms with E-state index in [0.717, 1.165) is 13.0 Å². The van der Waals surface area contributed by atoms with E-state index in [9.17, 15) is 0 Å². The molecule has 2 aromatic heterocycles. The van der Waals surface area contributed by atoms with Crippen molar-refractivity contribution in [2.75, 3.05) is 0 Å². The number of benzene rings is 1. The highest BCUT2D eigenvalue weighted by molar-refractivity contribution is 7.11. The summed E-state index contributed by atoms with van der Waals surface area (Å²) in [5.41, 5.74) is 1.32. The summed E-state index contributed by atoms with van der Waals surface area (Å²) < 4.78 is 2.32. The van der Waals surface area contributed by atoms with Crippen molar-refractivity contribution in [3.05, 3.63) is 58.4 Å². The van der Waals surface area contributed by atoms with Gasteiger partial charge < -0.3 is 4.57 Å². The maximum absolute atomic E-state index is 2.32. The molecule has 3 rings (SSSR count). The Labute approximate surface area is 105 Å². The fraction of sp³-hybridized carbons (Fsp3) is 0.200. The molecule has 0 amide bonds. The second-order valence-corrected chi connectivity index (χ2v) is 5.48. The van der Waals surface area contributed by atoms with Crippen molar-refractivity contribution in [3.63, 3.8) is 0 Å². The van der Waals surface area contributed by atoms with Crippen molar-refractivity contribution in [3.8, 4) is 0 Å². The Morgan fingerprint density at radius 3 is 2.65 bits per heavy atom. The van der Waals surface area contributed by atoms with Gasteiger partial charge in [0, 0.05) is 21.5 Å². The van der Waals surface area contributed by atoms with Gasteiger partial charge in [-0.05, 0) is 36.1 Å². The van der Waals surface area contributed by atoms with E-state index < -0.39 is 0 Å². The van der Waals surface area contributed by atoms with E-state index in [1.54, 1.807) is 0 Å². The van der Waals surface area contributed by atoms with Crippen molar-refractivity contribution in [2.45, 2.75) is 19.9 Å². The van der Waals surface area contributed by atoms with Gasteiger partial charge in [-0.1, -0.05) is 25.1 Å². The minimum Gasteiger partial charge on any atom is -0.342 e. The van der Waals surface area contributed by atoms with Gasteiger partial charge >= 0.3 is 0 Å². The van der Waals surface area contributed by atoms with Gasteiger partial charge in [-0.2, -0.15) is 0 Å². The van der Waals surface area contributed by atoms with Gasteiger partial charge in [0.1, 0.15) is 0 Å². The first kappa shape index (κ1) is 10.6. The van der Waals surface area contributed by atoms with Crippen molar-refractivity contribution < 1.29 is 0 Å². The molecule has 1 aromatic carbocycles. The number of aromatic nitrogens is 1. The van der Waals surface area contributed by atoms with Crippen LogP contribution in [0.4, 0.5) is 0 Å². The molecule has 0 radical (unpaired) electrons. The maximum atomic E-state index is 2.32.